The topological polar surface area (TPSA) is 66.2 Å². The van der Waals surface area contributed by atoms with Gasteiger partial charge in [-0.3, -0.25) is 4.98 Å². The number of fused-ring (bicyclic) bond motifs is 1. The lowest BCUT2D eigenvalue weighted by Crippen LogP contribution is -2.01. The van der Waals surface area contributed by atoms with Gasteiger partial charge in [-0.05, 0) is 36.2 Å². The molecule has 0 saturated carbocycles. The van der Waals surface area contributed by atoms with Gasteiger partial charge in [-0.2, -0.15) is 0 Å². The van der Waals surface area contributed by atoms with E-state index in [1.165, 1.54) is 0 Å². The minimum atomic E-state index is -0.783. The van der Waals surface area contributed by atoms with Gasteiger partial charge < -0.3 is 9.52 Å². The van der Waals surface area contributed by atoms with Crippen LogP contribution in [0.15, 0.2) is 50.1 Å². The Morgan fingerprint density at radius 2 is 2.05 bits per heavy atom. The number of hydrogen-bond donors (Lipinski definition) is 2. The Balaban J connectivity index is 2.09. The first-order valence-corrected chi connectivity index (χ1v) is 6.91. The van der Waals surface area contributed by atoms with Crippen LogP contribution in [-0.4, -0.2) is 10.1 Å². The van der Waals surface area contributed by atoms with Crippen molar-refractivity contribution in [2.45, 2.75) is 13.0 Å². The third-order valence-corrected chi connectivity index (χ3v) is 3.93. The van der Waals surface area contributed by atoms with Gasteiger partial charge in [0, 0.05) is 4.47 Å². The molecule has 0 aliphatic heterocycles. The number of aromatic nitrogens is 1. The first-order valence-electron chi connectivity index (χ1n) is 6.11. The molecular weight excluding hydrogens is 322 g/mol. The van der Waals surface area contributed by atoms with Gasteiger partial charge in [0.2, 0.25) is 0 Å². The number of rotatable bonds is 2. The maximum absolute atomic E-state index is 11.1. The molecule has 0 radical (unpaired) electrons. The zero-order valence-electron chi connectivity index (χ0n) is 10.7. The molecule has 0 fully saturated rings. The van der Waals surface area contributed by atoms with Crippen LogP contribution in [0.25, 0.3) is 11.1 Å². The Hall–Kier alpha value is -1.85. The summed E-state index contributed by atoms with van der Waals surface area (Å²) in [4.78, 5) is 13.7. The Morgan fingerprint density at radius 1 is 1.25 bits per heavy atom. The molecule has 0 spiro atoms. The molecule has 20 heavy (non-hydrogen) atoms. The summed E-state index contributed by atoms with van der Waals surface area (Å²) in [5.74, 6) is -0.497. The highest BCUT2D eigenvalue weighted by atomic mass is 79.9. The molecule has 4 nitrogen and oxygen atoms in total. The first kappa shape index (κ1) is 13.1. The van der Waals surface area contributed by atoms with E-state index in [2.05, 4.69) is 20.9 Å². The van der Waals surface area contributed by atoms with Gasteiger partial charge in [0.15, 0.2) is 5.58 Å². The summed E-state index contributed by atoms with van der Waals surface area (Å²) >= 11 is 3.44. The van der Waals surface area contributed by atoms with E-state index in [9.17, 15) is 9.90 Å². The molecule has 0 aliphatic rings. The third kappa shape index (κ3) is 2.30. The Morgan fingerprint density at radius 3 is 2.85 bits per heavy atom. The molecule has 2 N–H and O–H groups in total. The van der Waals surface area contributed by atoms with Crippen molar-refractivity contribution >= 4 is 27.0 Å². The average Bonchev–Trinajstić information content (AvgIpc) is 2.79. The zero-order chi connectivity index (χ0) is 14.3. The predicted molar refractivity (Wildman–Crippen MR) is 79.8 cm³/mol. The van der Waals surface area contributed by atoms with Gasteiger partial charge in [-0.15, -0.1) is 0 Å². The SMILES string of the molecule is Cc1ccc(Br)c(C(O)c2ccc3[nH]c(=O)oc3c2)c1. The number of aliphatic hydroxyl groups excluding tert-OH is 1. The van der Waals surface area contributed by atoms with Crippen molar-refractivity contribution in [1.82, 2.24) is 4.98 Å². The molecule has 102 valence electrons. The number of benzene rings is 2. The Labute approximate surface area is 123 Å². The van der Waals surface area contributed by atoms with Gasteiger partial charge >= 0.3 is 5.76 Å². The standard InChI is InChI=1S/C15H12BrNO3/c1-8-2-4-11(16)10(6-8)14(18)9-3-5-12-13(7-9)20-15(19)17-12/h2-7,14,18H,1H3,(H,17,19). The van der Waals surface area contributed by atoms with E-state index in [1.807, 2.05) is 25.1 Å². The van der Waals surface area contributed by atoms with Gasteiger partial charge in [-0.1, -0.05) is 39.7 Å². The Bertz CT molecular complexity index is 834. The molecule has 1 atom stereocenters. The average molecular weight is 334 g/mol. The zero-order valence-corrected chi connectivity index (χ0v) is 12.3. The van der Waals surface area contributed by atoms with E-state index in [1.54, 1.807) is 18.2 Å². The molecule has 5 heteroatoms. The van der Waals surface area contributed by atoms with E-state index in [4.69, 9.17) is 4.42 Å². The minimum absolute atomic E-state index is 0.440. The molecule has 1 heterocycles. The lowest BCUT2D eigenvalue weighted by atomic mass is 10.00. The smallest absolute Gasteiger partial charge is 0.408 e. The fourth-order valence-corrected chi connectivity index (χ4v) is 2.65. The second-order valence-electron chi connectivity index (χ2n) is 4.70. The third-order valence-electron chi connectivity index (χ3n) is 3.21. The second-order valence-corrected chi connectivity index (χ2v) is 5.55. The largest absolute Gasteiger partial charge is 0.417 e. The van der Waals surface area contributed by atoms with Crippen LogP contribution in [0.1, 0.15) is 22.8 Å². The monoisotopic (exact) mass is 333 g/mol. The molecule has 0 aliphatic carbocycles. The summed E-state index contributed by atoms with van der Waals surface area (Å²) in [6, 6.07) is 11.0. The van der Waals surface area contributed by atoms with Gasteiger partial charge in [0.1, 0.15) is 6.10 Å². The van der Waals surface area contributed by atoms with Gasteiger partial charge in [0.25, 0.3) is 0 Å². The molecule has 3 aromatic rings. The van der Waals surface area contributed by atoms with Crippen molar-refractivity contribution in [2.24, 2.45) is 0 Å². The molecular formula is C15H12BrNO3. The van der Waals surface area contributed by atoms with Crippen LogP contribution >= 0.6 is 15.9 Å². The lowest BCUT2D eigenvalue weighted by Gasteiger charge is -2.14. The summed E-state index contributed by atoms with van der Waals surface area (Å²) in [6.45, 7) is 1.97. The molecule has 0 saturated heterocycles. The number of aromatic amines is 1. The van der Waals surface area contributed by atoms with Crippen molar-refractivity contribution < 1.29 is 9.52 Å². The highest BCUT2D eigenvalue weighted by molar-refractivity contribution is 9.10. The number of aliphatic hydroxyl groups is 1. The van der Waals surface area contributed by atoms with Crippen LogP contribution in [0.2, 0.25) is 0 Å². The van der Waals surface area contributed by atoms with Gasteiger partial charge in [0.05, 0.1) is 5.52 Å². The van der Waals surface area contributed by atoms with Crippen molar-refractivity contribution in [2.75, 3.05) is 0 Å². The number of aryl methyl sites for hydroxylation is 1. The maximum Gasteiger partial charge on any atom is 0.417 e. The van der Waals surface area contributed by atoms with Crippen LogP contribution in [-0.2, 0) is 0 Å². The summed E-state index contributed by atoms with van der Waals surface area (Å²) < 4.78 is 5.85. The lowest BCUT2D eigenvalue weighted by molar-refractivity contribution is 0.219. The highest BCUT2D eigenvalue weighted by Gasteiger charge is 2.15. The minimum Gasteiger partial charge on any atom is -0.408 e. The number of hydrogen-bond acceptors (Lipinski definition) is 3. The predicted octanol–water partition coefficient (Wildman–Crippen LogP) is 3.27. The van der Waals surface area contributed by atoms with E-state index in [0.29, 0.717) is 16.7 Å². The molecule has 2 aromatic carbocycles. The van der Waals surface area contributed by atoms with Crippen molar-refractivity contribution in [1.29, 1.82) is 0 Å². The Kier molecular flexibility index (Phi) is 3.23. The molecule has 1 unspecified atom stereocenters. The fourth-order valence-electron chi connectivity index (χ4n) is 2.18. The van der Waals surface area contributed by atoms with Crippen LogP contribution in [0.4, 0.5) is 0 Å². The summed E-state index contributed by atoms with van der Waals surface area (Å²) in [5.41, 5.74) is 3.58. The van der Waals surface area contributed by atoms with Crippen LogP contribution in [0.3, 0.4) is 0 Å². The van der Waals surface area contributed by atoms with Crippen molar-refractivity contribution in [3.8, 4) is 0 Å². The number of H-pyrrole nitrogens is 1. The molecule has 1 aromatic heterocycles. The highest BCUT2D eigenvalue weighted by Crippen LogP contribution is 2.30. The number of oxazole rings is 1. The van der Waals surface area contributed by atoms with E-state index in [0.717, 1.165) is 15.6 Å². The molecule has 0 amide bonds. The van der Waals surface area contributed by atoms with Gasteiger partial charge in [-0.25, -0.2) is 4.79 Å². The normalized spacial score (nSPS) is 12.8. The fraction of sp³-hybridized carbons (Fsp3) is 0.133. The summed E-state index contributed by atoms with van der Waals surface area (Å²) in [7, 11) is 0. The van der Waals surface area contributed by atoms with Crippen molar-refractivity contribution in [3.05, 3.63) is 68.1 Å². The maximum atomic E-state index is 11.1. The van der Waals surface area contributed by atoms with Crippen LogP contribution in [0, 0.1) is 6.92 Å². The molecule has 3 rings (SSSR count). The van der Waals surface area contributed by atoms with Crippen molar-refractivity contribution in [3.63, 3.8) is 0 Å². The van der Waals surface area contributed by atoms with E-state index < -0.39 is 11.9 Å². The van der Waals surface area contributed by atoms with E-state index in [-0.39, 0.29) is 0 Å². The second kappa shape index (κ2) is 4.92. The first-order chi connectivity index (χ1) is 9.54. The quantitative estimate of drug-likeness (QED) is 0.756. The molecule has 0 bridgehead atoms. The van der Waals surface area contributed by atoms with E-state index >= 15 is 0 Å². The van der Waals surface area contributed by atoms with Crippen LogP contribution < -0.4 is 5.76 Å². The van der Waals surface area contributed by atoms with Crippen LogP contribution in [0.5, 0.6) is 0 Å². The summed E-state index contributed by atoms with van der Waals surface area (Å²) in [6.07, 6.45) is -0.783. The number of nitrogens with one attached hydrogen (secondary N) is 1. The summed E-state index contributed by atoms with van der Waals surface area (Å²) in [5, 5.41) is 10.5. The number of halogens is 1.